The van der Waals surface area contributed by atoms with Gasteiger partial charge in [0.2, 0.25) is 10.0 Å². The van der Waals surface area contributed by atoms with Crippen LogP contribution in [0.2, 0.25) is 0 Å². The topological polar surface area (TPSA) is 96.0 Å². The average molecular weight is 369 g/mol. The first-order valence-corrected chi connectivity index (χ1v) is 9.78. The highest BCUT2D eigenvalue weighted by molar-refractivity contribution is 7.89. The van der Waals surface area contributed by atoms with Crippen LogP contribution in [0.4, 0.5) is 0 Å². The van der Waals surface area contributed by atoms with Crippen molar-refractivity contribution in [1.82, 2.24) is 13.8 Å². The molecule has 25 heavy (non-hydrogen) atoms. The van der Waals surface area contributed by atoms with Crippen LogP contribution < -0.4 is 5.76 Å². The second kappa shape index (κ2) is 6.91. The Morgan fingerprint density at radius 2 is 1.96 bits per heavy atom. The number of β-amino-alcohol motifs (C(OH)–C–C–N with tert-alkyl or cyclic N) is 1. The Morgan fingerprint density at radius 3 is 2.68 bits per heavy atom. The third-order valence-electron chi connectivity index (χ3n) is 4.68. The molecule has 2 aromatic rings. The van der Waals surface area contributed by atoms with Crippen LogP contribution in [-0.4, -0.2) is 72.9 Å². The van der Waals surface area contributed by atoms with E-state index in [1.54, 1.807) is 10.6 Å². The van der Waals surface area contributed by atoms with Gasteiger partial charge in [-0.2, -0.15) is 0 Å². The summed E-state index contributed by atoms with van der Waals surface area (Å²) in [5.41, 5.74) is 1.28. The maximum Gasteiger partial charge on any atom is 0.419 e. The summed E-state index contributed by atoms with van der Waals surface area (Å²) in [6.07, 6.45) is -0.687. The van der Waals surface area contributed by atoms with E-state index in [1.807, 2.05) is 23.1 Å². The number of likely N-dealkylation sites (tertiary alicyclic amines) is 1. The second-order valence-corrected chi connectivity index (χ2v) is 8.86. The highest BCUT2D eigenvalue weighted by atomic mass is 32.2. The fourth-order valence-electron chi connectivity index (χ4n) is 3.17. The van der Waals surface area contributed by atoms with Crippen molar-refractivity contribution in [3.63, 3.8) is 0 Å². The average Bonchev–Trinajstić information content (AvgIpc) is 3.04. The zero-order chi connectivity index (χ0) is 18.2. The molecule has 0 radical (unpaired) electrons. The van der Waals surface area contributed by atoms with E-state index in [-0.39, 0.29) is 11.7 Å². The lowest BCUT2D eigenvalue weighted by molar-refractivity contribution is 0.148. The van der Waals surface area contributed by atoms with Crippen molar-refractivity contribution >= 4 is 21.1 Å². The number of fused-ring (bicyclic) bond motifs is 1. The molecule has 1 aromatic carbocycles. The number of nitrogens with zero attached hydrogens (tertiary/aromatic N) is 3. The number of benzene rings is 1. The quantitative estimate of drug-likeness (QED) is 0.756. The van der Waals surface area contributed by atoms with E-state index in [0.717, 1.165) is 5.52 Å². The minimum atomic E-state index is -3.36. The van der Waals surface area contributed by atoms with Crippen molar-refractivity contribution in [2.75, 3.05) is 39.5 Å². The molecule has 0 bridgehead atoms. The first-order valence-electron chi connectivity index (χ1n) is 8.17. The van der Waals surface area contributed by atoms with E-state index >= 15 is 0 Å². The van der Waals surface area contributed by atoms with Crippen molar-refractivity contribution in [3.05, 3.63) is 34.8 Å². The molecule has 0 unspecified atom stereocenters. The summed E-state index contributed by atoms with van der Waals surface area (Å²) in [6, 6.07) is 7.22. The monoisotopic (exact) mass is 369 g/mol. The standard InChI is InChI=1S/C16H23N3O5S/c1-17(2)25(22,23)11-12-9-18(10-14(12)20)7-8-19-13-5-3-4-6-15(13)24-16(19)21/h3-6,12,14,20H,7-11H2,1-2H3/t12-,14-/m0/s1. The van der Waals surface area contributed by atoms with Gasteiger partial charge in [0, 0.05) is 46.2 Å². The van der Waals surface area contributed by atoms with Gasteiger partial charge in [0.1, 0.15) is 0 Å². The summed E-state index contributed by atoms with van der Waals surface area (Å²) in [4.78, 5) is 14.0. The van der Waals surface area contributed by atoms with Crippen LogP contribution in [0.25, 0.3) is 11.1 Å². The van der Waals surface area contributed by atoms with Crippen molar-refractivity contribution in [1.29, 1.82) is 0 Å². The normalized spacial score (nSPS) is 22.2. The summed E-state index contributed by atoms with van der Waals surface area (Å²) in [5, 5.41) is 10.2. The number of aliphatic hydroxyl groups is 1. The van der Waals surface area contributed by atoms with Crippen LogP contribution in [0.3, 0.4) is 0 Å². The maximum atomic E-state index is 12.0. The Hall–Kier alpha value is -1.68. The number of para-hydroxylation sites is 2. The molecule has 3 rings (SSSR count). The smallest absolute Gasteiger partial charge is 0.408 e. The van der Waals surface area contributed by atoms with E-state index in [4.69, 9.17) is 4.42 Å². The van der Waals surface area contributed by atoms with E-state index < -0.39 is 21.9 Å². The molecule has 1 fully saturated rings. The number of hydrogen-bond acceptors (Lipinski definition) is 6. The number of aromatic nitrogens is 1. The van der Waals surface area contributed by atoms with Crippen LogP contribution >= 0.6 is 0 Å². The minimum absolute atomic E-state index is 0.0771. The molecular formula is C16H23N3O5S. The van der Waals surface area contributed by atoms with Crippen molar-refractivity contribution < 1.29 is 17.9 Å². The molecule has 138 valence electrons. The number of rotatable bonds is 6. The van der Waals surface area contributed by atoms with Crippen LogP contribution in [0.15, 0.2) is 33.5 Å². The minimum Gasteiger partial charge on any atom is -0.408 e. The summed E-state index contributed by atoms with van der Waals surface area (Å²) in [5.74, 6) is -0.815. The fourth-order valence-corrected chi connectivity index (χ4v) is 4.34. The first-order chi connectivity index (χ1) is 11.8. The van der Waals surface area contributed by atoms with Crippen LogP contribution in [0, 0.1) is 5.92 Å². The highest BCUT2D eigenvalue weighted by Crippen LogP contribution is 2.20. The molecule has 1 aliphatic heterocycles. The van der Waals surface area contributed by atoms with Crippen molar-refractivity contribution in [3.8, 4) is 0 Å². The molecule has 1 N–H and O–H groups in total. The predicted octanol–water partition coefficient (Wildman–Crippen LogP) is -0.221. The molecule has 0 spiro atoms. The fraction of sp³-hybridized carbons (Fsp3) is 0.562. The van der Waals surface area contributed by atoms with E-state index in [9.17, 15) is 18.3 Å². The molecule has 1 aromatic heterocycles. The molecular weight excluding hydrogens is 346 g/mol. The van der Waals surface area contributed by atoms with Gasteiger partial charge >= 0.3 is 5.76 Å². The molecule has 1 saturated heterocycles. The molecule has 0 aliphatic carbocycles. The zero-order valence-corrected chi connectivity index (χ0v) is 15.1. The van der Waals surface area contributed by atoms with Gasteiger partial charge in [0.05, 0.1) is 17.4 Å². The van der Waals surface area contributed by atoms with Gasteiger partial charge in [-0.15, -0.1) is 0 Å². The predicted molar refractivity (Wildman–Crippen MR) is 93.9 cm³/mol. The number of sulfonamides is 1. The first kappa shape index (κ1) is 18.1. The molecule has 2 atom stereocenters. The number of hydrogen-bond donors (Lipinski definition) is 1. The van der Waals surface area contributed by atoms with Crippen LogP contribution in [0.1, 0.15) is 0 Å². The summed E-state index contributed by atoms with van der Waals surface area (Å²) in [7, 11) is -0.373. The van der Waals surface area contributed by atoms with Crippen LogP contribution in [-0.2, 0) is 16.6 Å². The Balaban J connectivity index is 1.65. The van der Waals surface area contributed by atoms with Gasteiger partial charge in [-0.1, -0.05) is 12.1 Å². The van der Waals surface area contributed by atoms with E-state index in [2.05, 4.69) is 0 Å². The number of oxazole rings is 1. The van der Waals surface area contributed by atoms with E-state index in [1.165, 1.54) is 18.4 Å². The van der Waals surface area contributed by atoms with Crippen molar-refractivity contribution in [2.24, 2.45) is 5.92 Å². The van der Waals surface area contributed by atoms with Gasteiger partial charge < -0.3 is 9.52 Å². The highest BCUT2D eigenvalue weighted by Gasteiger charge is 2.35. The van der Waals surface area contributed by atoms with Gasteiger partial charge in [0.15, 0.2) is 5.58 Å². The van der Waals surface area contributed by atoms with Crippen molar-refractivity contribution in [2.45, 2.75) is 12.6 Å². The summed E-state index contributed by atoms with van der Waals surface area (Å²) in [6.45, 7) is 1.85. The summed E-state index contributed by atoms with van der Waals surface area (Å²) >= 11 is 0. The Kier molecular flexibility index (Phi) is 5.01. The molecule has 0 saturated carbocycles. The Morgan fingerprint density at radius 1 is 1.24 bits per heavy atom. The molecule has 0 amide bonds. The third kappa shape index (κ3) is 3.79. The lowest BCUT2D eigenvalue weighted by Crippen LogP contribution is -2.33. The molecule has 9 heteroatoms. The lowest BCUT2D eigenvalue weighted by Gasteiger charge is -2.18. The lowest BCUT2D eigenvalue weighted by atomic mass is 10.1. The second-order valence-electron chi connectivity index (χ2n) is 6.64. The zero-order valence-electron chi connectivity index (χ0n) is 14.3. The SMILES string of the molecule is CN(C)S(=O)(=O)C[C@@H]1CN(CCn2c(=O)oc3ccccc32)C[C@@H]1O. The molecule has 1 aliphatic rings. The Bertz CT molecular complexity index is 902. The molecule has 8 nitrogen and oxygen atoms in total. The van der Waals surface area contributed by atoms with E-state index in [0.29, 0.717) is 31.8 Å². The van der Waals surface area contributed by atoms with Gasteiger partial charge in [-0.25, -0.2) is 17.5 Å². The third-order valence-corrected chi connectivity index (χ3v) is 6.64. The van der Waals surface area contributed by atoms with Gasteiger partial charge in [0.25, 0.3) is 0 Å². The Labute approximate surface area is 146 Å². The van der Waals surface area contributed by atoms with Crippen LogP contribution in [0.5, 0.6) is 0 Å². The number of aliphatic hydroxyl groups excluding tert-OH is 1. The largest absolute Gasteiger partial charge is 0.419 e. The molecule has 2 heterocycles. The van der Waals surface area contributed by atoms with Gasteiger partial charge in [-0.3, -0.25) is 9.47 Å². The maximum absolute atomic E-state index is 12.0. The van der Waals surface area contributed by atoms with Gasteiger partial charge in [-0.05, 0) is 12.1 Å². The summed E-state index contributed by atoms with van der Waals surface area (Å²) < 4.78 is 32.0.